The van der Waals surface area contributed by atoms with Gasteiger partial charge < -0.3 is 10.5 Å². The fourth-order valence-corrected chi connectivity index (χ4v) is 1.88. The second-order valence-electron chi connectivity index (χ2n) is 3.99. The van der Waals surface area contributed by atoms with Crippen LogP contribution in [0, 0.1) is 11.8 Å². The highest BCUT2D eigenvalue weighted by molar-refractivity contribution is 5.30. The maximum absolute atomic E-state index is 6.12. The summed E-state index contributed by atoms with van der Waals surface area (Å²) in [6, 6.07) is 3.81. The van der Waals surface area contributed by atoms with Crippen LogP contribution in [0.5, 0.6) is 5.75 Å². The molecule has 0 amide bonds. The Labute approximate surface area is 84.3 Å². The molecule has 1 aliphatic carbocycles. The monoisotopic (exact) mass is 192 g/mol. The predicted molar refractivity (Wildman–Crippen MR) is 55.0 cm³/mol. The Morgan fingerprint density at radius 2 is 2.36 bits per heavy atom. The second kappa shape index (κ2) is 3.58. The summed E-state index contributed by atoms with van der Waals surface area (Å²) in [5.74, 6) is 2.12. The smallest absolute Gasteiger partial charge is 0.141 e. The Balaban J connectivity index is 2.22. The lowest BCUT2D eigenvalue weighted by Gasteiger charge is -2.13. The van der Waals surface area contributed by atoms with Crippen LogP contribution < -0.4 is 10.5 Å². The molecule has 1 aliphatic rings. The molecule has 1 heterocycles. The molecule has 0 aliphatic heterocycles. The average Bonchev–Trinajstić information content (AvgIpc) is 2.94. The number of methoxy groups -OCH3 is 1. The molecule has 3 unspecified atom stereocenters. The highest BCUT2D eigenvalue weighted by Crippen LogP contribution is 2.46. The van der Waals surface area contributed by atoms with Crippen LogP contribution >= 0.6 is 0 Å². The van der Waals surface area contributed by atoms with Crippen molar-refractivity contribution in [2.75, 3.05) is 7.11 Å². The predicted octanol–water partition coefficient (Wildman–Crippen LogP) is 1.75. The van der Waals surface area contributed by atoms with Gasteiger partial charge in [0.05, 0.1) is 18.8 Å². The molecule has 14 heavy (non-hydrogen) atoms. The molecule has 76 valence electrons. The molecule has 1 aromatic heterocycles. The molecular formula is C11H16N2O. The lowest BCUT2D eigenvalue weighted by Crippen LogP contribution is -2.16. The quantitative estimate of drug-likeness (QED) is 0.793. The van der Waals surface area contributed by atoms with Crippen LogP contribution in [0.2, 0.25) is 0 Å². The summed E-state index contributed by atoms with van der Waals surface area (Å²) >= 11 is 0. The van der Waals surface area contributed by atoms with E-state index in [2.05, 4.69) is 11.9 Å². The van der Waals surface area contributed by atoms with Gasteiger partial charge in [-0.25, -0.2) is 0 Å². The molecule has 1 saturated carbocycles. The molecule has 3 heteroatoms. The lowest BCUT2D eigenvalue weighted by atomic mass is 10.1. The van der Waals surface area contributed by atoms with Gasteiger partial charge in [-0.2, -0.15) is 0 Å². The third kappa shape index (κ3) is 1.60. The molecule has 3 nitrogen and oxygen atoms in total. The number of nitrogens with two attached hydrogens (primary N) is 1. The van der Waals surface area contributed by atoms with E-state index in [1.807, 2.05) is 12.1 Å². The van der Waals surface area contributed by atoms with Crippen LogP contribution in [0.3, 0.4) is 0 Å². The Hall–Kier alpha value is -1.09. The first kappa shape index (κ1) is 9.46. The number of aromatic nitrogens is 1. The second-order valence-corrected chi connectivity index (χ2v) is 3.99. The van der Waals surface area contributed by atoms with Crippen molar-refractivity contribution >= 4 is 0 Å². The lowest BCUT2D eigenvalue weighted by molar-refractivity contribution is 0.397. The van der Waals surface area contributed by atoms with Gasteiger partial charge in [0.25, 0.3) is 0 Å². The van der Waals surface area contributed by atoms with Gasteiger partial charge in [0.2, 0.25) is 0 Å². The molecule has 0 bridgehead atoms. The molecule has 2 N–H and O–H groups in total. The van der Waals surface area contributed by atoms with Crippen molar-refractivity contribution in [2.24, 2.45) is 17.6 Å². The van der Waals surface area contributed by atoms with Gasteiger partial charge in [-0.1, -0.05) is 6.92 Å². The highest BCUT2D eigenvalue weighted by atomic mass is 16.5. The summed E-state index contributed by atoms with van der Waals surface area (Å²) in [6.07, 6.45) is 2.98. The van der Waals surface area contributed by atoms with Crippen molar-refractivity contribution in [1.29, 1.82) is 0 Å². The third-order valence-electron chi connectivity index (χ3n) is 2.97. The van der Waals surface area contributed by atoms with Crippen molar-refractivity contribution in [3.8, 4) is 5.75 Å². The Kier molecular flexibility index (Phi) is 2.42. The van der Waals surface area contributed by atoms with Crippen LogP contribution in [0.15, 0.2) is 18.3 Å². The minimum Gasteiger partial charge on any atom is -0.495 e. The standard InChI is InChI=1S/C11H16N2O/c1-7-6-8(7)10(12)11-9(14-2)4-3-5-13-11/h3-5,7-8,10H,6,12H2,1-2H3. The largest absolute Gasteiger partial charge is 0.495 e. The van der Waals surface area contributed by atoms with E-state index < -0.39 is 0 Å². The van der Waals surface area contributed by atoms with E-state index in [1.54, 1.807) is 13.3 Å². The van der Waals surface area contributed by atoms with Crippen molar-refractivity contribution in [1.82, 2.24) is 4.98 Å². The van der Waals surface area contributed by atoms with Gasteiger partial charge in [-0.05, 0) is 30.4 Å². The molecule has 1 aromatic rings. The average molecular weight is 192 g/mol. The summed E-state index contributed by atoms with van der Waals surface area (Å²) in [5.41, 5.74) is 7.02. The minimum atomic E-state index is 0.0288. The molecule has 0 spiro atoms. The van der Waals surface area contributed by atoms with E-state index >= 15 is 0 Å². The number of pyridine rings is 1. The fourth-order valence-electron chi connectivity index (χ4n) is 1.88. The van der Waals surface area contributed by atoms with Gasteiger partial charge >= 0.3 is 0 Å². The molecule has 0 radical (unpaired) electrons. The number of hydrogen-bond acceptors (Lipinski definition) is 3. The molecule has 2 rings (SSSR count). The normalized spacial score (nSPS) is 27.1. The topological polar surface area (TPSA) is 48.1 Å². The Bertz CT molecular complexity index is 327. The van der Waals surface area contributed by atoms with Crippen LogP contribution in [0.1, 0.15) is 25.1 Å². The van der Waals surface area contributed by atoms with Gasteiger partial charge in [-0.15, -0.1) is 0 Å². The molecule has 1 fully saturated rings. The maximum atomic E-state index is 6.12. The maximum Gasteiger partial charge on any atom is 0.141 e. The van der Waals surface area contributed by atoms with E-state index in [4.69, 9.17) is 10.5 Å². The molecule has 0 saturated heterocycles. The Morgan fingerprint density at radius 3 is 2.93 bits per heavy atom. The molecular weight excluding hydrogens is 176 g/mol. The zero-order valence-electron chi connectivity index (χ0n) is 8.60. The SMILES string of the molecule is COc1cccnc1C(N)C1CC1C. The van der Waals surface area contributed by atoms with Crippen LogP contribution in [-0.4, -0.2) is 12.1 Å². The van der Waals surface area contributed by atoms with Crippen LogP contribution in [-0.2, 0) is 0 Å². The number of rotatable bonds is 3. The van der Waals surface area contributed by atoms with E-state index in [0.29, 0.717) is 5.92 Å². The first-order valence-electron chi connectivity index (χ1n) is 4.98. The first-order chi connectivity index (χ1) is 6.74. The minimum absolute atomic E-state index is 0.0288. The van der Waals surface area contributed by atoms with Crippen molar-refractivity contribution in [2.45, 2.75) is 19.4 Å². The summed E-state index contributed by atoms with van der Waals surface area (Å²) in [5, 5.41) is 0. The zero-order chi connectivity index (χ0) is 10.1. The summed E-state index contributed by atoms with van der Waals surface area (Å²) < 4.78 is 5.24. The number of ether oxygens (including phenoxy) is 1. The third-order valence-corrected chi connectivity index (χ3v) is 2.97. The number of hydrogen-bond donors (Lipinski definition) is 1. The summed E-state index contributed by atoms with van der Waals surface area (Å²) in [4.78, 5) is 4.30. The van der Waals surface area contributed by atoms with Gasteiger partial charge in [0.1, 0.15) is 5.75 Å². The zero-order valence-corrected chi connectivity index (χ0v) is 8.60. The van der Waals surface area contributed by atoms with E-state index in [9.17, 15) is 0 Å². The Morgan fingerprint density at radius 1 is 1.64 bits per heavy atom. The van der Waals surface area contributed by atoms with Gasteiger partial charge in [0.15, 0.2) is 0 Å². The van der Waals surface area contributed by atoms with E-state index in [-0.39, 0.29) is 6.04 Å². The molecule has 3 atom stereocenters. The van der Waals surface area contributed by atoms with Crippen LogP contribution in [0.25, 0.3) is 0 Å². The van der Waals surface area contributed by atoms with Crippen LogP contribution in [0.4, 0.5) is 0 Å². The summed E-state index contributed by atoms with van der Waals surface area (Å²) in [7, 11) is 1.66. The van der Waals surface area contributed by atoms with Crippen molar-refractivity contribution in [3.63, 3.8) is 0 Å². The molecule has 0 aromatic carbocycles. The van der Waals surface area contributed by atoms with Crippen molar-refractivity contribution < 1.29 is 4.74 Å². The fraction of sp³-hybridized carbons (Fsp3) is 0.545. The highest BCUT2D eigenvalue weighted by Gasteiger charge is 2.39. The van der Waals surface area contributed by atoms with E-state index in [1.165, 1.54) is 6.42 Å². The van der Waals surface area contributed by atoms with Crippen molar-refractivity contribution in [3.05, 3.63) is 24.0 Å². The first-order valence-corrected chi connectivity index (χ1v) is 4.98. The van der Waals surface area contributed by atoms with Gasteiger partial charge in [-0.3, -0.25) is 4.98 Å². The van der Waals surface area contributed by atoms with Gasteiger partial charge in [0, 0.05) is 6.20 Å². The summed E-state index contributed by atoms with van der Waals surface area (Å²) in [6.45, 7) is 2.22. The van der Waals surface area contributed by atoms with E-state index in [0.717, 1.165) is 17.4 Å². The number of nitrogens with zero attached hydrogens (tertiary/aromatic N) is 1.